The highest BCUT2D eigenvalue weighted by Gasteiger charge is 2.24. The molecule has 0 saturated carbocycles. The van der Waals surface area contributed by atoms with Gasteiger partial charge in [-0.3, -0.25) is 4.72 Å². The predicted molar refractivity (Wildman–Crippen MR) is 116 cm³/mol. The summed E-state index contributed by atoms with van der Waals surface area (Å²) in [4.78, 5) is 12.5. The molecule has 4 aromatic rings. The van der Waals surface area contributed by atoms with Crippen molar-refractivity contribution < 1.29 is 26.8 Å². The van der Waals surface area contributed by atoms with Gasteiger partial charge in [-0.05, 0) is 50.6 Å². The van der Waals surface area contributed by atoms with Gasteiger partial charge in [0.05, 0.1) is 17.2 Å². The number of esters is 1. The highest BCUT2D eigenvalue weighted by atomic mass is 32.2. The third kappa shape index (κ3) is 3.63. The van der Waals surface area contributed by atoms with Gasteiger partial charge in [0.2, 0.25) is 0 Å². The Bertz CT molecular complexity index is 1440. The summed E-state index contributed by atoms with van der Waals surface area (Å²) in [7, 11) is -4.02. The molecule has 0 unspecified atom stereocenters. The van der Waals surface area contributed by atoms with E-state index in [0.29, 0.717) is 27.5 Å². The molecule has 0 saturated heterocycles. The SMILES string of the molecule is CCOC(=O)c1c(C)oc2c1cc(NS(=O)(=O)c1ccc(F)cc1C)c1ccccc12. The molecule has 0 aliphatic heterocycles. The van der Waals surface area contributed by atoms with E-state index in [0.717, 1.165) is 12.1 Å². The monoisotopic (exact) mass is 441 g/mol. The first kappa shape index (κ1) is 20.9. The number of aryl methyl sites for hydroxylation is 2. The maximum atomic E-state index is 13.5. The van der Waals surface area contributed by atoms with Crippen molar-refractivity contribution in [2.24, 2.45) is 0 Å². The van der Waals surface area contributed by atoms with Crippen molar-refractivity contribution >= 4 is 43.4 Å². The Kier molecular flexibility index (Phi) is 5.18. The van der Waals surface area contributed by atoms with Crippen molar-refractivity contribution in [1.82, 2.24) is 0 Å². The molecule has 3 aromatic carbocycles. The summed E-state index contributed by atoms with van der Waals surface area (Å²) in [5.41, 5.74) is 1.28. The average Bonchev–Trinajstić information content (AvgIpc) is 3.04. The number of fused-ring (bicyclic) bond motifs is 3. The second kappa shape index (κ2) is 7.70. The zero-order valence-electron chi connectivity index (χ0n) is 17.2. The van der Waals surface area contributed by atoms with Crippen LogP contribution >= 0.6 is 0 Å². The molecule has 0 amide bonds. The van der Waals surface area contributed by atoms with E-state index in [2.05, 4.69) is 4.72 Å². The number of anilines is 1. The number of ether oxygens (including phenoxy) is 1. The number of carbonyl (C=O) groups excluding carboxylic acids is 1. The highest BCUT2D eigenvalue weighted by Crippen LogP contribution is 2.37. The molecular formula is C23H20FNO5S. The molecule has 0 fully saturated rings. The van der Waals surface area contributed by atoms with Gasteiger partial charge >= 0.3 is 5.97 Å². The minimum atomic E-state index is -4.02. The van der Waals surface area contributed by atoms with Crippen molar-refractivity contribution in [3.8, 4) is 0 Å². The number of furan rings is 1. The van der Waals surface area contributed by atoms with Gasteiger partial charge in [-0.1, -0.05) is 24.3 Å². The van der Waals surface area contributed by atoms with Crippen molar-refractivity contribution in [1.29, 1.82) is 0 Å². The lowest BCUT2D eigenvalue weighted by molar-refractivity contribution is 0.0526. The van der Waals surface area contributed by atoms with Gasteiger partial charge in [-0.15, -0.1) is 0 Å². The van der Waals surface area contributed by atoms with Gasteiger partial charge in [0, 0.05) is 16.2 Å². The summed E-state index contributed by atoms with van der Waals surface area (Å²) in [5.74, 6) is -0.679. The third-order valence-corrected chi connectivity index (χ3v) is 6.55. The summed E-state index contributed by atoms with van der Waals surface area (Å²) in [6.07, 6.45) is 0. The van der Waals surface area contributed by atoms with E-state index in [9.17, 15) is 17.6 Å². The topological polar surface area (TPSA) is 85.6 Å². The van der Waals surface area contributed by atoms with Crippen LogP contribution in [0.2, 0.25) is 0 Å². The largest absolute Gasteiger partial charge is 0.462 e. The van der Waals surface area contributed by atoms with E-state index in [1.165, 1.54) is 13.0 Å². The Morgan fingerprint density at radius 1 is 1.06 bits per heavy atom. The summed E-state index contributed by atoms with van der Waals surface area (Å²) in [6.45, 7) is 5.08. The summed E-state index contributed by atoms with van der Waals surface area (Å²) in [5, 5.41) is 1.69. The van der Waals surface area contributed by atoms with Crippen LogP contribution in [-0.4, -0.2) is 21.0 Å². The van der Waals surface area contributed by atoms with Crippen molar-refractivity contribution in [3.63, 3.8) is 0 Å². The second-order valence-corrected chi connectivity index (χ2v) is 8.77. The molecule has 6 nitrogen and oxygen atoms in total. The maximum Gasteiger partial charge on any atom is 0.342 e. The van der Waals surface area contributed by atoms with Gasteiger partial charge < -0.3 is 9.15 Å². The average molecular weight is 441 g/mol. The Morgan fingerprint density at radius 2 is 1.77 bits per heavy atom. The van der Waals surface area contributed by atoms with E-state index in [-0.39, 0.29) is 28.3 Å². The number of hydrogen-bond donors (Lipinski definition) is 1. The zero-order chi connectivity index (χ0) is 22.3. The smallest absolute Gasteiger partial charge is 0.342 e. The van der Waals surface area contributed by atoms with Crippen LogP contribution in [-0.2, 0) is 14.8 Å². The minimum absolute atomic E-state index is 0.0351. The van der Waals surface area contributed by atoms with Crippen molar-refractivity contribution in [2.45, 2.75) is 25.7 Å². The number of benzene rings is 3. The molecule has 8 heteroatoms. The van der Waals surface area contributed by atoms with E-state index >= 15 is 0 Å². The van der Waals surface area contributed by atoms with Crippen LogP contribution in [0.25, 0.3) is 21.7 Å². The van der Waals surface area contributed by atoms with Crippen LogP contribution < -0.4 is 4.72 Å². The first-order valence-electron chi connectivity index (χ1n) is 9.64. The maximum absolute atomic E-state index is 13.5. The third-order valence-electron chi connectivity index (χ3n) is 5.02. The first-order chi connectivity index (χ1) is 14.7. The van der Waals surface area contributed by atoms with E-state index in [1.54, 1.807) is 44.2 Å². The second-order valence-electron chi connectivity index (χ2n) is 7.12. The van der Waals surface area contributed by atoms with Crippen LogP contribution in [0.3, 0.4) is 0 Å². The molecule has 0 atom stereocenters. The fourth-order valence-electron chi connectivity index (χ4n) is 3.69. The fourth-order valence-corrected chi connectivity index (χ4v) is 4.99. The molecule has 31 heavy (non-hydrogen) atoms. The van der Waals surface area contributed by atoms with Gasteiger partial charge in [0.15, 0.2) is 0 Å². The Morgan fingerprint density at radius 3 is 2.45 bits per heavy atom. The van der Waals surface area contributed by atoms with Crippen molar-refractivity contribution in [2.75, 3.05) is 11.3 Å². The number of halogens is 1. The van der Waals surface area contributed by atoms with Crippen LogP contribution in [0, 0.1) is 19.7 Å². The number of rotatable bonds is 5. The van der Waals surface area contributed by atoms with Gasteiger partial charge in [-0.25, -0.2) is 17.6 Å². The van der Waals surface area contributed by atoms with Crippen LogP contribution in [0.5, 0.6) is 0 Å². The lowest BCUT2D eigenvalue weighted by atomic mass is 10.0. The van der Waals surface area contributed by atoms with E-state index in [4.69, 9.17) is 9.15 Å². The molecule has 4 rings (SSSR count). The number of sulfonamides is 1. The normalized spacial score (nSPS) is 11.7. The van der Waals surface area contributed by atoms with Crippen molar-refractivity contribution in [3.05, 3.63) is 71.2 Å². The molecular weight excluding hydrogens is 421 g/mol. The number of nitrogens with one attached hydrogen (secondary N) is 1. The predicted octanol–water partition coefficient (Wildman–Crippen LogP) is 5.32. The van der Waals surface area contributed by atoms with Crippen LogP contribution in [0.4, 0.5) is 10.1 Å². The van der Waals surface area contributed by atoms with Crippen LogP contribution in [0.15, 0.2) is 57.8 Å². The molecule has 0 radical (unpaired) electrons. The molecule has 1 aromatic heterocycles. The quantitative estimate of drug-likeness (QED) is 0.424. The lowest BCUT2D eigenvalue weighted by Gasteiger charge is -2.13. The lowest BCUT2D eigenvalue weighted by Crippen LogP contribution is -2.15. The zero-order valence-corrected chi connectivity index (χ0v) is 18.0. The van der Waals surface area contributed by atoms with Gasteiger partial charge in [0.25, 0.3) is 10.0 Å². The molecule has 160 valence electrons. The van der Waals surface area contributed by atoms with Crippen LogP contribution in [0.1, 0.15) is 28.6 Å². The molecule has 1 N–H and O–H groups in total. The Hall–Kier alpha value is -3.39. The Labute approximate surface area is 178 Å². The fraction of sp³-hybridized carbons (Fsp3) is 0.174. The van der Waals surface area contributed by atoms with Gasteiger partial charge in [0.1, 0.15) is 22.7 Å². The summed E-state index contributed by atoms with van der Waals surface area (Å²) < 4.78 is 53.3. The number of carbonyl (C=O) groups is 1. The summed E-state index contributed by atoms with van der Waals surface area (Å²) >= 11 is 0. The first-order valence-corrected chi connectivity index (χ1v) is 11.1. The molecule has 1 heterocycles. The standard InChI is InChI=1S/C23H20FNO5S/c1-4-29-23(26)21-14(3)30-22-17-8-6-5-7-16(17)19(12-18(21)22)25-31(27,28)20-10-9-15(24)11-13(20)2/h5-12,25H,4H2,1-3H3. The van der Waals surface area contributed by atoms with Gasteiger partial charge in [-0.2, -0.15) is 0 Å². The molecule has 0 spiro atoms. The molecule has 0 bridgehead atoms. The minimum Gasteiger partial charge on any atom is -0.462 e. The highest BCUT2D eigenvalue weighted by molar-refractivity contribution is 7.92. The Balaban J connectivity index is 1.94. The van der Waals surface area contributed by atoms with E-state index in [1.807, 2.05) is 0 Å². The molecule has 0 aliphatic rings. The van der Waals surface area contributed by atoms with E-state index < -0.39 is 21.8 Å². The molecule has 0 aliphatic carbocycles. The number of hydrogen-bond acceptors (Lipinski definition) is 5. The summed E-state index contributed by atoms with van der Waals surface area (Å²) in [6, 6.07) is 12.2.